The summed E-state index contributed by atoms with van der Waals surface area (Å²) in [7, 11) is 0. The van der Waals surface area contributed by atoms with Gasteiger partial charge in [-0.15, -0.1) is 0 Å². The van der Waals surface area contributed by atoms with E-state index < -0.39 is 0 Å². The standard InChI is InChI=1S/C10H13N3O3/c1-2-12-9(3-11-1)16-6-10-4-14-7-13(10)8-15-5-10/h1-3H,4-8H2/i3D. The molecule has 0 spiro atoms. The number of hydrogen-bond acceptors (Lipinski definition) is 6. The third-order valence-corrected chi connectivity index (χ3v) is 2.88. The van der Waals surface area contributed by atoms with Gasteiger partial charge in [0.2, 0.25) is 5.88 Å². The van der Waals surface area contributed by atoms with Crippen molar-refractivity contribution in [1.29, 1.82) is 0 Å². The number of ether oxygens (including phenoxy) is 3. The van der Waals surface area contributed by atoms with E-state index in [2.05, 4.69) is 14.9 Å². The van der Waals surface area contributed by atoms with Crippen LogP contribution in [0, 0.1) is 0 Å². The fourth-order valence-electron chi connectivity index (χ4n) is 1.93. The van der Waals surface area contributed by atoms with Crippen LogP contribution in [0.3, 0.4) is 0 Å². The topological polar surface area (TPSA) is 56.7 Å². The summed E-state index contributed by atoms with van der Waals surface area (Å²) in [6.45, 7) is 2.70. The molecule has 0 aromatic carbocycles. The lowest BCUT2D eigenvalue weighted by atomic mass is 10.0. The summed E-state index contributed by atoms with van der Waals surface area (Å²) in [5.41, 5.74) is -0.232. The van der Waals surface area contributed by atoms with Gasteiger partial charge in [0.1, 0.15) is 25.6 Å². The van der Waals surface area contributed by atoms with Crippen LogP contribution >= 0.6 is 0 Å². The molecule has 1 aromatic heterocycles. The predicted octanol–water partition coefficient (Wildman–Crippen LogP) is -0.128. The van der Waals surface area contributed by atoms with Crippen LogP contribution in [0.2, 0.25) is 0 Å². The molecule has 2 fully saturated rings. The van der Waals surface area contributed by atoms with Crippen molar-refractivity contribution in [2.45, 2.75) is 5.54 Å². The molecule has 86 valence electrons. The van der Waals surface area contributed by atoms with Crippen LogP contribution in [0.25, 0.3) is 0 Å². The van der Waals surface area contributed by atoms with E-state index in [4.69, 9.17) is 15.6 Å². The van der Waals surface area contributed by atoms with Gasteiger partial charge in [0, 0.05) is 12.4 Å². The van der Waals surface area contributed by atoms with Crippen LogP contribution in [0.5, 0.6) is 5.88 Å². The molecule has 16 heavy (non-hydrogen) atoms. The number of rotatable bonds is 3. The molecule has 0 atom stereocenters. The molecular formula is C10H13N3O3. The van der Waals surface area contributed by atoms with Gasteiger partial charge in [0.15, 0.2) is 0 Å². The van der Waals surface area contributed by atoms with Crippen LogP contribution in [0.1, 0.15) is 1.37 Å². The Labute approximate surface area is 94.6 Å². The molecule has 0 saturated carbocycles. The summed E-state index contributed by atoms with van der Waals surface area (Å²) in [5.74, 6) is 0.251. The Balaban J connectivity index is 1.70. The van der Waals surface area contributed by atoms with Gasteiger partial charge in [0.25, 0.3) is 0 Å². The van der Waals surface area contributed by atoms with Crippen molar-refractivity contribution in [2.24, 2.45) is 0 Å². The second kappa shape index (κ2) is 3.97. The largest absolute Gasteiger partial charge is 0.474 e. The molecule has 2 saturated heterocycles. The van der Waals surface area contributed by atoms with E-state index in [1.807, 2.05) is 0 Å². The quantitative estimate of drug-likeness (QED) is 0.713. The summed E-state index contributed by atoms with van der Waals surface area (Å²) in [4.78, 5) is 9.88. The van der Waals surface area contributed by atoms with Crippen LogP contribution in [-0.2, 0) is 9.47 Å². The van der Waals surface area contributed by atoms with Crippen LogP contribution in [-0.4, -0.2) is 53.7 Å². The maximum atomic E-state index is 7.56. The van der Waals surface area contributed by atoms with Crippen LogP contribution < -0.4 is 4.74 Å². The summed E-state index contributed by atoms with van der Waals surface area (Å²) >= 11 is 0. The molecule has 1 aromatic rings. The van der Waals surface area contributed by atoms with Gasteiger partial charge >= 0.3 is 0 Å². The second-order valence-electron chi connectivity index (χ2n) is 3.98. The molecular weight excluding hydrogens is 210 g/mol. The Kier molecular flexibility index (Phi) is 2.20. The lowest BCUT2D eigenvalue weighted by Gasteiger charge is -2.26. The van der Waals surface area contributed by atoms with E-state index >= 15 is 0 Å². The fourth-order valence-corrected chi connectivity index (χ4v) is 1.93. The van der Waals surface area contributed by atoms with Gasteiger partial charge in [-0.05, 0) is 0 Å². The Bertz CT molecular complexity index is 408. The molecule has 2 aliphatic rings. The first-order chi connectivity index (χ1) is 8.30. The fraction of sp³-hybridized carbons (Fsp3) is 0.600. The van der Waals surface area contributed by atoms with E-state index in [-0.39, 0.29) is 17.6 Å². The first-order valence-corrected chi connectivity index (χ1v) is 5.11. The highest BCUT2D eigenvalue weighted by Crippen LogP contribution is 2.28. The summed E-state index contributed by atoms with van der Waals surface area (Å²) in [6.07, 6.45) is 3.03. The summed E-state index contributed by atoms with van der Waals surface area (Å²) in [6, 6.07) is 0. The van der Waals surface area contributed by atoms with Gasteiger partial charge in [-0.2, -0.15) is 0 Å². The van der Waals surface area contributed by atoms with Gasteiger partial charge in [-0.25, -0.2) is 9.88 Å². The molecule has 2 aliphatic heterocycles. The average molecular weight is 224 g/mol. The Morgan fingerprint density at radius 3 is 3.00 bits per heavy atom. The van der Waals surface area contributed by atoms with E-state index in [1.54, 1.807) is 0 Å². The van der Waals surface area contributed by atoms with Gasteiger partial charge < -0.3 is 14.2 Å². The minimum atomic E-state index is -0.232. The summed E-state index contributed by atoms with van der Waals surface area (Å²) in [5, 5.41) is 0. The Hall–Kier alpha value is -1.24. The minimum Gasteiger partial charge on any atom is -0.474 e. The molecule has 3 heterocycles. The SMILES string of the molecule is [2H]c1nccnc1OCC12COCN1COC2. The molecule has 3 rings (SSSR count). The Morgan fingerprint density at radius 1 is 1.44 bits per heavy atom. The zero-order valence-corrected chi connectivity index (χ0v) is 8.76. The predicted molar refractivity (Wildman–Crippen MR) is 53.7 cm³/mol. The molecule has 0 radical (unpaired) electrons. The zero-order valence-electron chi connectivity index (χ0n) is 9.76. The summed E-state index contributed by atoms with van der Waals surface area (Å²) < 4.78 is 24.0. The molecule has 6 heteroatoms. The average Bonchev–Trinajstić information content (AvgIpc) is 2.87. The van der Waals surface area contributed by atoms with Gasteiger partial charge in [-0.3, -0.25) is 4.98 Å². The highest BCUT2D eigenvalue weighted by molar-refractivity contribution is 5.04. The maximum absolute atomic E-state index is 7.56. The van der Waals surface area contributed by atoms with Crippen molar-refractivity contribution in [3.63, 3.8) is 0 Å². The van der Waals surface area contributed by atoms with E-state index in [1.165, 1.54) is 12.4 Å². The van der Waals surface area contributed by atoms with Crippen molar-refractivity contribution >= 4 is 0 Å². The number of hydrogen-bond donors (Lipinski definition) is 0. The molecule has 0 aliphatic carbocycles. The van der Waals surface area contributed by atoms with Crippen molar-refractivity contribution in [3.05, 3.63) is 18.6 Å². The second-order valence-corrected chi connectivity index (χ2v) is 3.98. The van der Waals surface area contributed by atoms with Gasteiger partial charge in [0.05, 0.1) is 20.8 Å². The molecule has 0 bridgehead atoms. The molecule has 0 unspecified atom stereocenters. The highest BCUT2D eigenvalue weighted by atomic mass is 16.6. The normalized spacial score (nSPS) is 24.1. The highest BCUT2D eigenvalue weighted by Gasteiger charge is 2.47. The minimum absolute atomic E-state index is 0.0493. The van der Waals surface area contributed by atoms with Crippen LogP contribution in [0.15, 0.2) is 18.6 Å². The van der Waals surface area contributed by atoms with E-state index in [0.717, 1.165) is 0 Å². The van der Waals surface area contributed by atoms with Crippen molar-refractivity contribution in [1.82, 2.24) is 14.9 Å². The van der Waals surface area contributed by atoms with E-state index in [0.29, 0.717) is 33.3 Å². The monoisotopic (exact) mass is 224 g/mol. The molecule has 6 nitrogen and oxygen atoms in total. The number of nitrogens with zero attached hydrogens (tertiary/aromatic N) is 3. The first kappa shape index (κ1) is 8.86. The lowest BCUT2D eigenvalue weighted by molar-refractivity contribution is 0.0694. The Morgan fingerprint density at radius 2 is 2.25 bits per heavy atom. The molecule has 0 N–H and O–H groups in total. The van der Waals surface area contributed by atoms with E-state index in [9.17, 15) is 0 Å². The first-order valence-electron chi connectivity index (χ1n) is 5.61. The third-order valence-electron chi connectivity index (χ3n) is 2.88. The zero-order chi connectivity index (χ0) is 11.7. The molecule has 0 amide bonds. The number of fused-ring (bicyclic) bond motifs is 1. The van der Waals surface area contributed by atoms with Crippen molar-refractivity contribution < 1.29 is 15.6 Å². The van der Waals surface area contributed by atoms with Crippen LogP contribution in [0.4, 0.5) is 0 Å². The number of aromatic nitrogens is 2. The van der Waals surface area contributed by atoms with Crippen molar-refractivity contribution in [2.75, 3.05) is 33.3 Å². The third kappa shape index (κ3) is 1.64. The lowest BCUT2D eigenvalue weighted by Crippen LogP contribution is -2.48. The van der Waals surface area contributed by atoms with Gasteiger partial charge in [-0.1, -0.05) is 0 Å². The van der Waals surface area contributed by atoms with Crippen molar-refractivity contribution in [3.8, 4) is 5.88 Å². The smallest absolute Gasteiger partial charge is 0.232 e. The maximum Gasteiger partial charge on any atom is 0.232 e.